The molecule has 3 nitrogen and oxygen atoms in total. The predicted octanol–water partition coefficient (Wildman–Crippen LogP) is 4.49. The van der Waals surface area contributed by atoms with Crippen LogP contribution in [0.25, 0.3) is 0 Å². The monoisotopic (exact) mass is 353 g/mol. The van der Waals surface area contributed by atoms with Crippen LogP contribution < -0.4 is 10.1 Å². The average Bonchev–Trinajstić information content (AvgIpc) is 2.68. The Morgan fingerprint density at radius 1 is 0.962 bits per heavy atom. The van der Waals surface area contributed by atoms with Crippen molar-refractivity contribution >= 4 is 5.91 Å². The molecule has 0 saturated heterocycles. The van der Waals surface area contributed by atoms with E-state index in [4.69, 9.17) is 4.74 Å². The third-order valence-electron chi connectivity index (χ3n) is 4.03. The fourth-order valence-electron chi connectivity index (χ4n) is 2.77. The maximum Gasteiger partial charge on any atom is 0.255 e. The first-order valence-corrected chi connectivity index (χ1v) is 8.04. The Balaban J connectivity index is 2.02. The van der Waals surface area contributed by atoms with Crippen LogP contribution in [-0.4, -0.2) is 13.0 Å². The van der Waals surface area contributed by atoms with Crippen LogP contribution >= 0.6 is 0 Å². The molecule has 0 aliphatic carbocycles. The Bertz CT molecular complexity index is 913. The normalized spacial score (nSPS) is 11.7. The van der Waals surface area contributed by atoms with Crippen molar-refractivity contribution < 1.29 is 18.3 Å². The van der Waals surface area contributed by atoms with Gasteiger partial charge in [0.1, 0.15) is 17.4 Å². The van der Waals surface area contributed by atoms with Gasteiger partial charge in [0.15, 0.2) is 0 Å². The average molecular weight is 353 g/mol. The molecule has 0 aliphatic rings. The summed E-state index contributed by atoms with van der Waals surface area (Å²) in [6.45, 7) is 0. The van der Waals surface area contributed by atoms with Gasteiger partial charge >= 0.3 is 0 Å². The second-order valence-electron chi connectivity index (χ2n) is 5.68. The van der Waals surface area contributed by atoms with Crippen LogP contribution in [0.15, 0.2) is 72.8 Å². The SMILES string of the molecule is COc1ccccc1C(NC(=O)c1cc(F)ccc1F)c1ccccc1. The Labute approximate surface area is 150 Å². The molecule has 0 spiro atoms. The number of hydrogen-bond donors (Lipinski definition) is 1. The topological polar surface area (TPSA) is 38.3 Å². The van der Waals surface area contributed by atoms with E-state index in [1.807, 2.05) is 48.5 Å². The highest BCUT2D eigenvalue weighted by molar-refractivity contribution is 5.95. The van der Waals surface area contributed by atoms with Crippen molar-refractivity contribution in [1.29, 1.82) is 0 Å². The van der Waals surface area contributed by atoms with Gasteiger partial charge in [0.2, 0.25) is 0 Å². The van der Waals surface area contributed by atoms with E-state index < -0.39 is 23.6 Å². The van der Waals surface area contributed by atoms with Gasteiger partial charge in [-0.15, -0.1) is 0 Å². The zero-order chi connectivity index (χ0) is 18.5. The molecule has 0 bridgehead atoms. The zero-order valence-electron chi connectivity index (χ0n) is 14.1. The number of para-hydroxylation sites is 1. The number of benzene rings is 3. The van der Waals surface area contributed by atoms with Crippen molar-refractivity contribution in [2.45, 2.75) is 6.04 Å². The molecule has 3 rings (SSSR count). The number of halogens is 2. The van der Waals surface area contributed by atoms with Crippen LogP contribution in [0.3, 0.4) is 0 Å². The third-order valence-corrected chi connectivity index (χ3v) is 4.03. The Kier molecular flexibility index (Phi) is 5.27. The van der Waals surface area contributed by atoms with Crippen molar-refractivity contribution in [2.75, 3.05) is 7.11 Å². The molecule has 3 aromatic carbocycles. The molecule has 0 aromatic heterocycles. The van der Waals surface area contributed by atoms with Crippen molar-refractivity contribution in [3.8, 4) is 5.75 Å². The first-order valence-electron chi connectivity index (χ1n) is 8.04. The number of carbonyl (C=O) groups is 1. The van der Waals surface area contributed by atoms with Gasteiger partial charge in [-0.1, -0.05) is 48.5 Å². The highest BCUT2D eigenvalue weighted by Gasteiger charge is 2.22. The lowest BCUT2D eigenvalue weighted by Crippen LogP contribution is -2.30. The van der Waals surface area contributed by atoms with E-state index in [9.17, 15) is 13.6 Å². The summed E-state index contributed by atoms with van der Waals surface area (Å²) < 4.78 is 32.8. The molecule has 0 aliphatic heterocycles. The summed E-state index contributed by atoms with van der Waals surface area (Å²) in [4.78, 5) is 12.6. The van der Waals surface area contributed by atoms with Crippen LogP contribution in [0.1, 0.15) is 27.5 Å². The maximum atomic E-state index is 14.0. The minimum Gasteiger partial charge on any atom is -0.496 e. The van der Waals surface area contributed by atoms with Gasteiger partial charge in [-0.2, -0.15) is 0 Å². The predicted molar refractivity (Wildman–Crippen MR) is 95.1 cm³/mol. The molecule has 1 unspecified atom stereocenters. The standard InChI is InChI=1S/C21H17F2NO2/c1-26-19-10-6-5-9-16(19)20(14-7-3-2-4-8-14)24-21(25)17-13-15(22)11-12-18(17)23/h2-13,20H,1H3,(H,24,25). The first-order chi connectivity index (χ1) is 12.6. The van der Waals surface area contributed by atoms with Gasteiger partial charge in [0.25, 0.3) is 5.91 Å². The number of methoxy groups -OCH3 is 1. The molecule has 0 saturated carbocycles. The Morgan fingerprint density at radius 2 is 1.65 bits per heavy atom. The van der Waals surface area contributed by atoms with Gasteiger partial charge in [0, 0.05) is 5.56 Å². The van der Waals surface area contributed by atoms with Crippen molar-refractivity contribution in [1.82, 2.24) is 5.32 Å². The molecule has 0 fully saturated rings. The Hall–Kier alpha value is -3.21. The molecular weight excluding hydrogens is 336 g/mol. The van der Waals surface area contributed by atoms with Crippen LogP contribution in [0.5, 0.6) is 5.75 Å². The van der Waals surface area contributed by atoms with E-state index in [1.165, 1.54) is 7.11 Å². The molecule has 5 heteroatoms. The second-order valence-corrected chi connectivity index (χ2v) is 5.68. The first kappa shape index (κ1) is 17.6. The van der Waals surface area contributed by atoms with Crippen LogP contribution in [0.2, 0.25) is 0 Å². The summed E-state index contributed by atoms with van der Waals surface area (Å²) in [5.41, 5.74) is 1.16. The van der Waals surface area contributed by atoms with E-state index in [2.05, 4.69) is 5.32 Å². The number of carbonyl (C=O) groups excluding carboxylic acids is 1. The molecule has 1 amide bonds. The summed E-state index contributed by atoms with van der Waals surface area (Å²) in [6.07, 6.45) is 0. The number of nitrogens with one attached hydrogen (secondary N) is 1. The largest absolute Gasteiger partial charge is 0.496 e. The fourth-order valence-corrected chi connectivity index (χ4v) is 2.77. The molecule has 1 N–H and O–H groups in total. The number of rotatable bonds is 5. The second kappa shape index (κ2) is 7.78. The van der Waals surface area contributed by atoms with Crippen molar-refractivity contribution in [2.24, 2.45) is 0 Å². The van der Waals surface area contributed by atoms with Crippen molar-refractivity contribution in [3.05, 3.63) is 101 Å². The molecular formula is C21H17F2NO2. The van der Waals surface area contributed by atoms with Gasteiger partial charge in [-0.05, 0) is 29.8 Å². The lowest BCUT2D eigenvalue weighted by atomic mass is 9.97. The van der Waals surface area contributed by atoms with Crippen LogP contribution in [0, 0.1) is 11.6 Å². The van der Waals surface area contributed by atoms with E-state index >= 15 is 0 Å². The molecule has 132 valence electrons. The van der Waals surface area contributed by atoms with E-state index in [0.717, 1.165) is 23.8 Å². The number of ether oxygens (including phenoxy) is 1. The van der Waals surface area contributed by atoms with Crippen LogP contribution in [0.4, 0.5) is 8.78 Å². The zero-order valence-corrected chi connectivity index (χ0v) is 14.1. The van der Waals surface area contributed by atoms with E-state index in [-0.39, 0.29) is 5.56 Å². The number of amides is 1. The van der Waals surface area contributed by atoms with E-state index in [1.54, 1.807) is 6.07 Å². The molecule has 0 radical (unpaired) electrons. The summed E-state index contributed by atoms with van der Waals surface area (Å²) in [6, 6.07) is 18.7. The molecule has 26 heavy (non-hydrogen) atoms. The van der Waals surface area contributed by atoms with Gasteiger partial charge < -0.3 is 10.1 Å². The fraction of sp³-hybridized carbons (Fsp3) is 0.0952. The Morgan fingerprint density at radius 3 is 2.38 bits per heavy atom. The minimum absolute atomic E-state index is 0.346. The van der Waals surface area contributed by atoms with Gasteiger partial charge in [-0.3, -0.25) is 4.79 Å². The minimum atomic E-state index is -0.782. The summed E-state index contributed by atoms with van der Waals surface area (Å²) in [5.74, 6) is -1.58. The number of hydrogen-bond acceptors (Lipinski definition) is 2. The maximum absolute atomic E-state index is 14.0. The smallest absolute Gasteiger partial charge is 0.255 e. The van der Waals surface area contributed by atoms with E-state index in [0.29, 0.717) is 11.3 Å². The lowest BCUT2D eigenvalue weighted by molar-refractivity contribution is 0.0938. The summed E-state index contributed by atoms with van der Waals surface area (Å²) >= 11 is 0. The molecule has 0 heterocycles. The quantitative estimate of drug-likeness (QED) is 0.734. The summed E-state index contributed by atoms with van der Waals surface area (Å²) in [5, 5.41) is 2.78. The molecule has 3 aromatic rings. The van der Waals surface area contributed by atoms with Crippen molar-refractivity contribution in [3.63, 3.8) is 0 Å². The van der Waals surface area contributed by atoms with Gasteiger partial charge in [-0.25, -0.2) is 8.78 Å². The highest BCUT2D eigenvalue weighted by atomic mass is 19.1. The van der Waals surface area contributed by atoms with Crippen LogP contribution in [-0.2, 0) is 0 Å². The van der Waals surface area contributed by atoms with Gasteiger partial charge in [0.05, 0.1) is 18.7 Å². The third kappa shape index (κ3) is 3.72. The highest BCUT2D eigenvalue weighted by Crippen LogP contribution is 2.30. The lowest BCUT2D eigenvalue weighted by Gasteiger charge is -2.22. The molecule has 1 atom stereocenters. The summed E-state index contributed by atoms with van der Waals surface area (Å²) in [7, 11) is 1.54.